The fourth-order valence-corrected chi connectivity index (χ4v) is 1.79. The highest BCUT2D eigenvalue weighted by Crippen LogP contribution is 2.23. The highest BCUT2D eigenvalue weighted by atomic mass is 15.0. The highest BCUT2D eigenvalue weighted by Gasteiger charge is 2.06. The van der Waals surface area contributed by atoms with Gasteiger partial charge in [0, 0.05) is 35.9 Å². The van der Waals surface area contributed by atoms with Gasteiger partial charge in [-0.3, -0.25) is 9.97 Å². The van der Waals surface area contributed by atoms with Crippen LogP contribution in [0.5, 0.6) is 0 Å². The third-order valence-electron chi connectivity index (χ3n) is 2.66. The van der Waals surface area contributed by atoms with Crippen LogP contribution in [0.25, 0.3) is 22.5 Å². The molecule has 0 bridgehead atoms. The molecule has 0 aromatic carbocycles. The molecule has 3 aromatic rings. The number of pyridine rings is 2. The Hall–Kier alpha value is -2.82. The van der Waals surface area contributed by atoms with Crippen molar-refractivity contribution in [2.45, 2.75) is 0 Å². The molecular formula is C14H11N5. The lowest BCUT2D eigenvalue weighted by molar-refractivity contribution is 1.18. The maximum Gasteiger partial charge on any atom is 0.221 e. The van der Waals surface area contributed by atoms with Gasteiger partial charge in [0.05, 0.1) is 11.4 Å². The van der Waals surface area contributed by atoms with Gasteiger partial charge in [-0.2, -0.15) is 0 Å². The summed E-state index contributed by atoms with van der Waals surface area (Å²) in [5, 5.41) is 0. The number of nitrogen functional groups attached to an aromatic ring is 1. The lowest BCUT2D eigenvalue weighted by Crippen LogP contribution is -1.98. The predicted octanol–water partition coefficient (Wildman–Crippen LogP) is 2.18. The van der Waals surface area contributed by atoms with Crippen LogP contribution in [0.1, 0.15) is 0 Å². The van der Waals surface area contributed by atoms with E-state index in [4.69, 9.17) is 5.73 Å². The van der Waals surface area contributed by atoms with Crippen LogP contribution in [0.3, 0.4) is 0 Å². The van der Waals surface area contributed by atoms with Crippen molar-refractivity contribution in [3.05, 3.63) is 55.1 Å². The van der Waals surface area contributed by atoms with E-state index in [1.807, 2.05) is 30.3 Å². The Balaban J connectivity index is 2.12. The maximum atomic E-state index is 5.77. The van der Waals surface area contributed by atoms with Gasteiger partial charge in [0.15, 0.2) is 0 Å². The summed E-state index contributed by atoms with van der Waals surface area (Å²) < 4.78 is 0. The van der Waals surface area contributed by atoms with E-state index in [-0.39, 0.29) is 5.95 Å². The zero-order valence-corrected chi connectivity index (χ0v) is 10.1. The van der Waals surface area contributed by atoms with Crippen molar-refractivity contribution in [2.24, 2.45) is 0 Å². The van der Waals surface area contributed by atoms with Gasteiger partial charge in [-0.25, -0.2) is 9.97 Å². The molecule has 5 heteroatoms. The second-order valence-electron chi connectivity index (χ2n) is 3.98. The molecule has 3 heterocycles. The topological polar surface area (TPSA) is 77.6 Å². The Kier molecular flexibility index (Phi) is 2.86. The van der Waals surface area contributed by atoms with E-state index in [0.717, 1.165) is 22.5 Å². The summed E-state index contributed by atoms with van der Waals surface area (Å²) in [5.41, 5.74) is 9.08. The molecule has 0 radical (unpaired) electrons. The fraction of sp³-hybridized carbons (Fsp3) is 0. The minimum Gasteiger partial charge on any atom is -0.368 e. The van der Waals surface area contributed by atoms with Gasteiger partial charge in [0.1, 0.15) is 0 Å². The third kappa shape index (κ3) is 2.40. The van der Waals surface area contributed by atoms with Crippen molar-refractivity contribution in [3.8, 4) is 22.5 Å². The first-order chi connectivity index (χ1) is 9.33. The highest BCUT2D eigenvalue weighted by molar-refractivity contribution is 5.68. The molecule has 0 saturated carbocycles. The first-order valence-electron chi connectivity index (χ1n) is 5.78. The third-order valence-corrected chi connectivity index (χ3v) is 2.66. The molecule has 2 N–H and O–H groups in total. The molecular weight excluding hydrogens is 238 g/mol. The van der Waals surface area contributed by atoms with Crippen molar-refractivity contribution in [1.82, 2.24) is 19.9 Å². The Labute approximate surface area is 110 Å². The van der Waals surface area contributed by atoms with Crippen LogP contribution in [0.2, 0.25) is 0 Å². The van der Waals surface area contributed by atoms with Gasteiger partial charge in [-0.15, -0.1) is 0 Å². The van der Waals surface area contributed by atoms with Crippen LogP contribution in [0, 0.1) is 0 Å². The number of nitrogens with two attached hydrogens (primary N) is 1. The molecule has 0 unspecified atom stereocenters. The minimum absolute atomic E-state index is 0.236. The van der Waals surface area contributed by atoms with Crippen molar-refractivity contribution < 1.29 is 0 Å². The molecule has 0 aliphatic rings. The molecule has 5 nitrogen and oxygen atoms in total. The first kappa shape index (κ1) is 11.3. The summed E-state index contributed by atoms with van der Waals surface area (Å²) >= 11 is 0. The molecule has 0 aliphatic heterocycles. The molecule has 3 rings (SSSR count). The Morgan fingerprint density at radius 2 is 1.32 bits per heavy atom. The summed E-state index contributed by atoms with van der Waals surface area (Å²) in [6, 6.07) is 9.46. The lowest BCUT2D eigenvalue weighted by atomic mass is 10.1. The minimum atomic E-state index is 0.236. The zero-order valence-electron chi connectivity index (χ0n) is 10.1. The average Bonchev–Trinajstić information content (AvgIpc) is 2.48. The zero-order chi connectivity index (χ0) is 13.1. The molecule has 0 fully saturated rings. The Morgan fingerprint density at radius 1 is 0.789 bits per heavy atom. The normalized spacial score (nSPS) is 10.3. The number of aromatic nitrogens is 4. The van der Waals surface area contributed by atoms with Gasteiger partial charge in [0.25, 0.3) is 0 Å². The van der Waals surface area contributed by atoms with Crippen molar-refractivity contribution in [1.29, 1.82) is 0 Å². The molecule has 3 aromatic heterocycles. The molecule has 0 amide bonds. The van der Waals surface area contributed by atoms with E-state index in [1.165, 1.54) is 0 Å². The summed E-state index contributed by atoms with van der Waals surface area (Å²) in [7, 11) is 0. The Morgan fingerprint density at radius 3 is 1.74 bits per heavy atom. The van der Waals surface area contributed by atoms with Crippen LogP contribution >= 0.6 is 0 Å². The lowest BCUT2D eigenvalue weighted by Gasteiger charge is -2.05. The summed E-state index contributed by atoms with van der Waals surface area (Å²) in [6.07, 6.45) is 6.93. The van der Waals surface area contributed by atoms with Gasteiger partial charge in [-0.05, 0) is 30.3 Å². The smallest absolute Gasteiger partial charge is 0.221 e. The summed E-state index contributed by atoms with van der Waals surface area (Å²) in [5.74, 6) is 0.236. The monoisotopic (exact) mass is 249 g/mol. The van der Waals surface area contributed by atoms with E-state index < -0.39 is 0 Å². The first-order valence-corrected chi connectivity index (χ1v) is 5.78. The summed E-state index contributed by atoms with van der Waals surface area (Å²) in [4.78, 5) is 16.6. The predicted molar refractivity (Wildman–Crippen MR) is 72.9 cm³/mol. The van der Waals surface area contributed by atoms with Gasteiger partial charge in [-0.1, -0.05) is 0 Å². The van der Waals surface area contributed by atoms with Crippen molar-refractivity contribution >= 4 is 5.95 Å². The quantitative estimate of drug-likeness (QED) is 0.753. The van der Waals surface area contributed by atoms with E-state index in [1.54, 1.807) is 24.8 Å². The fourth-order valence-electron chi connectivity index (χ4n) is 1.79. The molecule has 19 heavy (non-hydrogen) atoms. The number of hydrogen-bond donors (Lipinski definition) is 1. The standard InChI is InChI=1S/C14H11N5/c15-14-18-12(10-3-1-5-16-8-10)7-13(19-14)11-4-2-6-17-9-11/h1-9H,(H2,15,18,19). The SMILES string of the molecule is Nc1nc(-c2cccnc2)cc(-c2cccnc2)n1. The summed E-state index contributed by atoms with van der Waals surface area (Å²) in [6.45, 7) is 0. The van der Waals surface area contributed by atoms with Gasteiger partial charge in [0.2, 0.25) is 5.95 Å². The van der Waals surface area contributed by atoms with E-state index in [9.17, 15) is 0 Å². The van der Waals surface area contributed by atoms with Crippen LogP contribution in [-0.2, 0) is 0 Å². The van der Waals surface area contributed by atoms with Crippen LogP contribution in [0.15, 0.2) is 55.1 Å². The van der Waals surface area contributed by atoms with Crippen LogP contribution in [-0.4, -0.2) is 19.9 Å². The van der Waals surface area contributed by atoms with E-state index in [0.29, 0.717) is 0 Å². The number of rotatable bonds is 2. The molecule has 92 valence electrons. The molecule has 0 atom stereocenters. The van der Waals surface area contributed by atoms with Crippen molar-refractivity contribution in [2.75, 3.05) is 5.73 Å². The van der Waals surface area contributed by atoms with Gasteiger partial charge >= 0.3 is 0 Å². The van der Waals surface area contributed by atoms with Crippen LogP contribution in [0.4, 0.5) is 5.95 Å². The van der Waals surface area contributed by atoms with Crippen LogP contribution < -0.4 is 5.73 Å². The number of nitrogens with zero attached hydrogens (tertiary/aromatic N) is 4. The average molecular weight is 249 g/mol. The Bertz CT molecular complexity index is 625. The molecule has 0 saturated heterocycles. The number of anilines is 1. The maximum absolute atomic E-state index is 5.77. The molecule has 0 spiro atoms. The second-order valence-corrected chi connectivity index (χ2v) is 3.98. The van der Waals surface area contributed by atoms with Crippen molar-refractivity contribution in [3.63, 3.8) is 0 Å². The van der Waals surface area contributed by atoms with Gasteiger partial charge < -0.3 is 5.73 Å². The number of hydrogen-bond acceptors (Lipinski definition) is 5. The van der Waals surface area contributed by atoms with E-state index >= 15 is 0 Å². The van der Waals surface area contributed by atoms with E-state index in [2.05, 4.69) is 19.9 Å². The molecule has 0 aliphatic carbocycles. The second kappa shape index (κ2) is 4.81. The largest absolute Gasteiger partial charge is 0.368 e.